The number of hydrogen-bond acceptors (Lipinski definition) is 3. The van der Waals surface area contributed by atoms with Gasteiger partial charge in [-0.3, -0.25) is 4.90 Å². The van der Waals surface area contributed by atoms with E-state index in [1.54, 1.807) is 7.11 Å². The standard InChI is InChI=1S/C17H26N2O.ClH/c1-17(8-9-18-12-17)13-19-10-4-7-16(19)14-5-3-6-15(11-14)20-2;/h3,5-6,11,16,18H,4,7-10,12-13H2,1-2H3;1H. The Bertz CT molecular complexity index is 460. The molecule has 1 aromatic rings. The molecule has 0 saturated carbocycles. The summed E-state index contributed by atoms with van der Waals surface area (Å²) in [6, 6.07) is 9.18. The lowest BCUT2D eigenvalue weighted by Crippen LogP contribution is -2.37. The van der Waals surface area contributed by atoms with Gasteiger partial charge in [-0.2, -0.15) is 0 Å². The molecular formula is C17H27ClN2O. The molecule has 4 heteroatoms. The van der Waals surface area contributed by atoms with Crippen molar-refractivity contribution in [3.05, 3.63) is 29.8 Å². The third-order valence-electron chi connectivity index (χ3n) is 4.88. The van der Waals surface area contributed by atoms with E-state index < -0.39 is 0 Å². The summed E-state index contributed by atoms with van der Waals surface area (Å²) in [7, 11) is 1.75. The topological polar surface area (TPSA) is 24.5 Å². The lowest BCUT2D eigenvalue weighted by atomic mass is 9.88. The predicted octanol–water partition coefficient (Wildman–Crippen LogP) is 3.25. The van der Waals surface area contributed by atoms with Crippen LogP contribution < -0.4 is 10.1 Å². The van der Waals surface area contributed by atoms with E-state index in [0.717, 1.165) is 12.3 Å². The van der Waals surface area contributed by atoms with Gasteiger partial charge in [-0.25, -0.2) is 0 Å². The SMILES string of the molecule is COc1cccc(C2CCCN2CC2(C)CCNC2)c1.Cl. The van der Waals surface area contributed by atoms with Crippen molar-refractivity contribution in [2.45, 2.75) is 32.2 Å². The molecule has 2 aliphatic heterocycles. The maximum atomic E-state index is 5.37. The second-order valence-electron chi connectivity index (χ2n) is 6.64. The molecule has 0 amide bonds. The van der Waals surface area contributed by atoms with Gasteiger partial charge in [0.1, 0.15) is 5.75 Å². The number of methoxy groups -OCH3 is 1. The molecule has 2 unspecified atom stereocenters. The van der Waals surface area contributed by atoms with Crippen molar-refractivity contribution in [2.24, 2.45) is 5.41 Å². The Morgan fingerprint density at radius 3 is 3.00 bits per heavy atom. The summed E-state index contributed by atoms with van der Waals surface area (Å²) in [5.41, 5.74) is 1.86. The Labute approximate surface area is 134 Å². The van der Waals surface area contributed by atoms with E-state index in [1.807, 2.05) is 6.07 Å². The molecule has 1 N–H and O–H groups in total. The highest BCUT2D eigenvalue weighted by atomic mass is 35.5. The Balaban J connectivity index is 0.00000161. The molecule has 2 atom stereocenters. The molecule has 3 nitrogen and oxygen atoms in total. The van der Waals surface area contributed by atoms with Crippen LogP contribution in [0.4, 0.5) is 0 Å². The first-order chi connectivity index (χ1) is 9.70. The molecule has 0 aliphatic carbocycles. The van der Waals surface area contributed by atoms with E-state index in [0.29, 0.717) is 11.5 Å². The number of nitrogens with one attached hydrogen (secondary N) is 1. The maximum absolute atomic E-state index is 5.37. The van der Waals surface area contributed by atoms with Crippen LogP contribution in [0.1, 0.15) is 37.8 Å². The van der Waals surface area contributed by atoms with E-state index in [-0.39, 0.29) is 12.4 Å². The van der Waals surface area contributed by atoms with Crippen LogP contribution in [0.2, 0.25) is 0 Å². The normalized spacial score (nSPS) is 29.3. The molecule has 0 radical (unpaired) electrons. The summed E-state index contributed by atoms with van der Waals surface area (Å²) in [6.45, 7) is 7.20. The zero-order valence-corrected chi connectivity index (χ0v) is 13.9. The highest BCUT2D eigenvalue weighted by molar-refractivity contribution is 5.85. The number of nitrogens with zero attached hydrogens (tertiary/aromatic N) is 1. The molecule has 1 aromatic carbocycles. The first-order valence-electron chi connectivity index (χ1n) is 7.79. The third kappa shape index (κ3) is 3.71. The summed E-state index contributed by atoms with van der Waals surface area (Å²) in [5, 5.41) is 3.51. The Kier molecular flexibility index (Phi) is 5.53. The first kappa shape index (κ1) is 16.6. The lowest BCUT2D eigenvalue weighted by molar-refractivity contribution is 0.165. The van der Waals surface area contributed by atoms with Gasteiger partial charge in [-0.15, -0.1) is 12.4 Å². The quantitative estimate of drug-likeness (QED) is 0.924. The molecular weight excluding hydrogens is 284 g/mol. The zero-order chi connectivity index (χ0) is 14.0. The van der Waals surface area contributed by atoms with Gasteiger partial charge >= 0.3 is 0 Å². The summed E-state index contributed by atoms with van der Waals surface area (Å²) in [5.74, 6) is 0.975. The highest BCUT2D eigenvalue weighted by Crippen LogP contribution is 2.37. The number of ether oxygens (including phenoxy) is 1. The molecule has 0 spiro atoms. The van der Waals surface area contributed by atoms with Crippen LogP contribution in [-0.2, 0) is 0 Å². The molecule has 21 heavy (non-hydrogen) atoms. The van der Waals surface area contributed by atoms with Gasteiger partial charge < -0.3 is 10.1 Å². The molecule has 0 bridgehead atoms. The molecule has 3 rings (SSSR count). The largest absolute Gasteiger partial charge is 0.497 e. The van der Waals surface area contributed by atoms with Crippen molar-refractivity contribution in [1.29, 1.82) is 0 Å². The van der Waals surface area contributed by atoms with Gasteiger partial charge in [-0.1, -0.05) is 19.1 Å². The average molecular weight is 311 g/mol. The number of halogens is 1. The minimum absolute atomic E-state index is 0. The highest BCUT2D eigenvalue weighted by Gasteiger charge is 2.35. The minimum atomic E-state index is 0. The Hall–Kier alpha value is -0.770. The van der Waals surface area contributed by atoms with Gasteiger partial charge in [0, 0.05) is 19.1 Å². The van der Waals surface area contributed by atoms with Gasteiger partial charge in [0.15, 0.2) is 0 Å². The molecule has 2 aliphatic rings. The molecule has 2 fully saturated rings. The molecule has 2 heterocycles. The van der Waals surface area contributed by atoms with Crippen LogP contribution in [-0.4, -0.2) is 38.2 Å². The summed E-state index contributed by atoms with van der Waals surface area (Å²) in [6.07, 6.45) is 3.89. The van der Waals surface area contributed by atoms with Crippen LogP contribution in [0, 0.1) is 5.41 Å². The van der Waals surface area contributed by atoms with Gasteiger partial charge in [0.25, 0.3) is 0 Å². The van der Waals surface area contributed by atoms with E-state index in [2.05, 4.69) is 35.3 Å². The van der Waals surface area contributed by atoms with E-state index in [9.17, 15) is 0 Å². The van der Waals surface area contributed by atoms with Crippen molar-refractivity contribution in [3.63, 3.8) is 0 Å². The van der Waals surface area contributed by atoms with Gasteiger partial charge in [-0.05, 0) is 55.5 Å². The van der Waals surface area contributed by atoms with Crippen LogP contribution in [0.5, 0.6) is 5.75 Å². The van der Waals surface area contributed by atoms with Crippen molar-refractivity contribution < 1.29 is 4.74 Å². The van der Waals surface area contributed by atoms with Crippen LogP contribution >= 0.6 is 12.4 Å². The Morgan fingerprint density at radius 2 is 2.29 bits per heavy atom. The minimum Gasteiger partial charge on any atom is -0.497 e. The van der Waals surface area contributed by atoms with Crippen molar-refractivity contribution >= 4 is 12.4 Å². The predicted molar refractivity (Wildman–Crippen MR) is 89.4 cm³/mol. The first-order valence-corrected chi connectivity index (χ1v) is 7.79. The second kappa shape index (κ2) is 6.99. The van der Waals surface area contributed by atoms with Crippen molar-refractivity contribution in [2.75, 3.05) is 33.3 Å². The van der Waals surface area contributed by atoms with E-state index >= 15 is 0 Å². The van der Waals surface area contributed by atoms with E-state index in [4.69, 9.17) is 4.74 Å². The summed E-state index contributed by atoms with van der Waals surface area (Å²) < 4.78 is 5.37. The molecule has 0 aromatic heterocycles. The van der Waals surface area contributed by atoms with Crippen LogP contribution in [0.3, 0.4) is 0 Å². The fraction of sp³-hybridized carbons (Fsp3) is 0.647. The monoisotopic (exact) mass is 310 g/mol. The maximum Gasteiger partial charge on any atom is 0.119 e. The second-order valence-corrected chi connectivity index (χ2v) is 6.64. The third-order valence-corrected chi connectivity index (χ3v) is 4.88. The molecule has 2 saturated heterocycles. The fourth-order valence-electron chi connectivity index (χ4n) is 3.74. The average Bonchev–Trinajstić information content (AvgIpc) is 3.08. The van der Waals surface area contributed by atoms with Crippen LogP contribution in [0.15, 0.2) is 24.3 Å². The Morgan fingerprint density at radius 1 is 1.43 bits per heavy atom. The smallest absolute Gasteiger partial charge is 0.119 e. The zero-order valence-electron chi connectivity index (χ0n) is 13.1. The van der Waals surface area contributed by atoms with Crippen molar-refractivity contribution in [1.82, 2.24) is 10.2 Å². The van der Waals surface area contributed by atoms with E-state index in [1.165, 1.54) is 44.5 Å². The summed E-state index contributed by atoms with van der Waals surface area (Å²) >= 11 is 0. The van der Waals surface area contributed by atoms with Crippen molar-refractivity contribution in [3.8, 4) is 5.75 Å². The number of likely N-dealkylation sites (tertiary alicyclic amines) is 1. The van der Waals surface area contributed by atoms with Gasteiger partial charge in [0.05, 0.1) is 7.11 Å². The lowest BCUT2D eigenvalue weighted by Gasteiger charge is -2.33. The number of benzene rings is 1. The molecule has 118 valence electrons. The van der Waals surface area contributed by atoms with Gasteiger partial charge in [0.2, 0.25) is 0 Å². The fourth-order valence-corrected chi connectivity index (χ4v) is 3.74. The van der Waals surface area contributed by atoms with Crippen LogP contribution in [0.25, 0.3) is 0 Å². The number of rotatable bonds is 4. The summed E-state index contributed by atoms with van der Waals surface area (Å²) in [4.78, 5) is 2.68. The number of hydrogen-bond donors (Lipinski definition) is 1.